The van der Waals surface area contributed by atoms with Gasteiger partial charge in [0.25, 0.3) is 0 Å². The number of aromatic nitrogens is 1. The number of nitrogens with zero attached hydrogens (tertiary/aromatic N) is 1. The Labute approximate surface area is 178 Å². The first-order valence-electron chi connectivity index (χ1n) is 9.96. The van der Waals surface area contributed by atoms with Gasteiger partial charge in [0.2, 0.25) is 0 Å². The van der Waals surface area contributed by atoms with Crippen LogP contribution in [0.4, 0.5) is 8.78 Å². The molecule has 1 aliphatic rings. The van der Waals surface area contributed by atoms with Crippen molar-refractivity contribution in [2.24, 2.45) is 5.92 Å². The van der Waals surface area contributed by atoms with Gasteiger partial charge in [0.1, 0.15) is 46.9 Å². The van der Waals surface area contributed by atoms with Gasteiger partial charge in [-0.15, -0.1) is 0 Å². The Morgan fingerprint density at radius 1 is 0.968 bits per heavy atom. The summed E-state index contributed by atoms with van der Waals surface area (Å²) in [6, 6.07) is 12.2. The lowest BCUT2D eigenvalue weighted by Gasteiger charge is -2.12. The van der Waals surface area contributed by atoms with Gasteiger partial charge in [0.15, 0.2) is 5.78 Å². The maximum Gasteiger partial charge on any atom is 0.178 e. The molecule has 0 spiro atoms. The van der Waals surface area contributed by atoms with Crippen molar-refractivity contribution in [1.29, 1.82) is 0 Å². The van der Waals surface area contributed by atoms with E-state index >= 15 is 0 Å². The molecule has 0 amide bonds. The van der Waals surface area contributed by atoms with Crippen molar-refractivity contribution < 1.29 is 27.8 Å². The summed E-state index contributed by atoms with van der Waals surface area (Å²) >= 11 is 0. The fraction of sp³-hybridized carbons (Fsp3) is 0.250. The summed E-state index contributed by atoms with van der Waals surface area (Å²) in [4.78, 5) is 15.2. The first kappa shape index (κ1) is 20.8. The minimum atomic E-state index is -0.788. The van der Waals surface area contributed by atoms with Crippen molar-refractivity contribution in [2.45, 2.75) is 26.4 Å². The molecule has 0 unspecified atom stereocenters. The molecule has 1 heterocycles. The fourth-order valence-electron chi connectivity index (χ4n) is 2.87. The third-order valence-corrected chi connectivity index (χ3v) is 4.82. The van der Waals surface area contributed by atoms with Crippen molar-refractivity contribution in [3.8, 4) is 23.0 Å². The Bertz CT molecular complexity index is 1060. The average Bonchev–Trinajstić information content (AvgIpc) is 3.57. The molecule has 160 valence electrons. The topological polar surface area (TPSA) is 57.7 Å². The molecule has 0 bridgehead atoms. The summed E-state index contributed by atoms with van der Waals surface area (Å²) in [5, 5.41) is 0. The minimum absolute atomic E-state index is 0.0329. The summed E-state index contributed by atoms with van der Waals surface area (Å²) in [5.74, 6) is 0.267. The molecule has 1 fully saturated rings. The Balaban J connectivity index is 1.40. The number of benzene rings is 2. The highest BCUT2D eigenvalue weighted by Crippen LogP contribution is 2.31. The molecular formula is C24H21F2NO4. The third-order valence-electron chi connectivity index (χ3n) is 4.82. The number of pyridine rings is 1. The van der Waals surface area contributed by atoms with Crippen LogP contribution in [0.5, 0.6) is 23.0 Å². The van der Waals surface area contributed by atoms with E-state index in [2.05, 4.69) is 4.98 Å². The molecule has 4 rings (SSSR count). The number of carbonyl (C=O) groups is 1. The van der Waals surface area contributed by atoms with Crippen LogP contribution in [0.25, 0.3) is 0 Å². The van der Waals surface area contributed by atoms with Crippen molar-refractivity contribution in [2.75, 3.05) is 6.61 Å². The molecule has 1 aromatic heterocycles. The zero-order valence-corrected chi connectivity index (χ0v) is 16.9. The summed E-state index contributed by atoms with van der Waals surface area (Å²) in [6.07, 6.45) is 3.71. The predicted octanol–water partition coefficient (Wildman–Crippen LogP) is 5.72. The normalized spacial score (nSPS) is 13.0. The van der Waals surface area contributed by atoms with Gasteiger partial charge >= 0.3 is 0 Å². The quantitative estimate of drug-likeness (QED) is 0.410. The van der Waals surface area contributed by atoms with Crippen LogP contribution in [-0.4, -0.2) is 17.4 Å². The van der Waals surface area contributed by atoms with E-state index in [1.165, 1.54) is 38.1 Å². The number of ether oxygens (including phenoxy) is 3. The molecule has 5 nitrogen and oxygen atoms in total. The van der Waals surface area contributed by atoms with Gasteiger partial charge in [-0.05, 0) is 43.0 Å². The highest BCUT2D eigenvalue weighted by molar-refractivity contribution is 5.92. The second kappa shape index (κ2) is 9.12. The van der Waals surface area contributed by atoms with Crippen molar-refractivity contribution in [1.82, 2.24) is 4.98 Å². The number of ketones is 1. The van der Waals surface area contributed by atoms with E-state index in [4.69, 9.17) is 14.2 Å². The van der Waals surface area contributed by atoms with Crippen LogP contribution in [-0.2, 0) is 6.61 Å². The van der Waals surface area contributed by atoms with E-state index in [9.17, 15) is 13.6 Å². The maximum atomic E-state index is 14.5. The van der Waals surface area contributed by atoms with Crippen LogP contribution in [0.3, 0.4) is 0 Å². The Morgan fingerprint density at radius 2 is 1.71 bits per heavy atom. The number of rotatable bonds is 9. The van der Waals surface area contributed by atoms with Crippen molar-refractivity contribution in [3.05, 3.63) is 77.6 Å². The van der Waals surface area contributed by atoms with E-state index in [-0.39, 0.29) is 29.4 Å². The first-order valence-corrected chi connectivity index (χ1v) is 9.96. The standard InChI is InChI=1S/C24H21F2NO4/c1-15(28)24-8-7-19(12-27-24)30-14-21-22(25)10-20(11-23(21)26)31-18-4-2-3-17(9-18)29-13-16-5-6-16/h2-4,7-12,16H,5-6,13-14H2,1H3. The number of carbonyl (C=O) groups excluding carboxylic acids is 1. The minimum Gasteiger partial charge on any atom is -0.493 e. The Hall–Kier alpha value is -3.48. The van der Waals surface area contributed by atoms with E-state index in [0.717, 1.165) is 12.1 Å². The van der Waals surface area contributed by atoms with Gasteiger partial charge in [-0.2, -0.15) is 0 Å². The van der Waals surface area contributed by atoms with Gasteiger partial charge in [0.05, 0.1) is 18.4 Å². The highest BCUT2D eigenvalue weighted by Gasteiger charge is 2.22. The average molecular weight is 425 g/mol. The molecule has 0 atom stereocenters. The monoisotopic (exact) mass is 425 g/mol. The fourth-order valence-corrected chi connectivity index (χ4v) is 2.87. The van der Waals surface area contributed by atoms with E-state index in [0.29, 0.717) is 29.8 Å². The van der Waals surface area contributed by atoms with Crippen LogP contribution in [0.1, 0.15) is 35.8 Å². The number of halogens is 2. The van der Waals surface area contributed by atoms with E-state index in [1.54, 1.807) is 18.2 Å². The summed E-state index contributed by atoms with van der Waals surface area (Å²) in [6.45, 7) is 1.73. The number of hydrogen-bond donors (Lipinski definition) is 0. The Kier molecular flexibility index (Phi) is 6.11. The van der Waals surface area contributed by atoms with Gasteiger partial charge < -0.3 is 14.2 Å². The summed E-state index contributed by atoms with van der Waals surface area (Å²) in [5.41, 5.74) is 0.0535. The van der Waals surface area contributed by atoms with Crippen molar-refractivity contribution >= 4 is 5.78 Å². The summed E-state index contributed by atoms with van der Waals surface area (Å²) in [7, 11) is 0. The molecule has 7 heteroatoms. The zero-order chi connectivity index (χ0) is 21.8. The molecule has 3 aromatic rings. The van der Waals surface area contributed by atoms with Crippen LogP contribution < -0.4 is 14.2 Å². The number of hydrogen-bond acceptors (Lipinski definition) is 5. The van der Waals surface area contributed by atoms with Crippen LogP contribution in [0.2, 0.25) is 0 Å². The SMILES string of the molecule is CC(=O)c1ccc(OCc2c(F)cc(Oc3cccc(OCC4CC4)c3)cc2F)cn1. The zero-order valence-electron chi connectivity index (χ0n) is 16.9. The molecule has 1 saturated carbocycles. The second-order valence-electron chi connectivity index (χ2n) is 7.42. The van der Waals surface area contributed by atoms with Gasteiger partial charge in [-0.1, -0.05) is 6.07 Å². The largest absolute Gasteiger partial charge is 0.493 e. The molecule has 2 aromatic carbocycles. The predicted molar refractivity (Wildman–Crippen MR) is 110 cm³/mol. The van der Waals surface area contributed by atoms with Gasteiger partial charge in [0, 0.05) is 25.1 Å². The molecule has 1 aliphatic carbocycles. The van der Waals surface area contributed by atoms with Crippen LogP contribution in [0, 0.1) is 17.6 Å². The highest BCUT2D eigenvalue weighted by atomic mass is 19.1. The second-order valence-corrected chi connectivity index (χ2v) is 7.42. The third kappa shape index (κ3) is 5.57. The molecule has 31 heavy (non-hydrogen) atoms. The maximum absolute atomic E-state index is 14.5. The van der Waals surface area contributed by atoms with Crippen molar-refractivity contribution in [3.63, 3.8) is 0 Å². The van der Waals surface area contributed by atoms with E-state index < -0.39 is 11.6 Å². The molecule has 0 radical (unpaired) electrons. The smallest absolute Gasteiger partial charge is 0.178 e. The molecule has 0 saturated heterocycles. The molecular weight excluding hydrogens is 404 g/mol. The Morgan fingerprint density at radius 3 is 2.35 bits per heavy atom. The lowest BCUT2D eigenvalue weighted by Crippen LogP contribution is -2.04. The van der Waals surface area contributed by atoms with Gasteiger partial charge in [-0.25, -0.2) is 13.8 Å². The van der Waals surface area contributed by atoms with E-state index in [1.807, 2.05) is 6.07 Å². The van der Waals surface area contributed by atoms with Gasteiger partial charge in [-0.3, -0.25) is 4.79 Å². The lowest BCUT2D eigenvalue weighted by molar-refractivity contribution is 0.101. The van der Waals surface area contributed by atoms with Crippen LogP contribution in [0.15, 0.2) is 54.7 Å². The lowest BCUT2D eigenvalue weighted by atomic mass is 10.2. The molecule has 0 N–H and O–H groups in total. The molecule has 0 aliphatic heterocycles. The first-order chi connectivity index (χ1) is 15.0. The number of Topliss-reactive ketones (excluding diaryl/α,β-unsaturated/α-hetero) is 1. The van der Waals surface area contributed by atoms with Crippen LogP contribution >= 0.6 is 0 Å². The summed E-state index contributed by atoms with van der Waals surface area (Å²) < 4.78 is 45.7.